The number of aryl methyl sites for hydroxylation is 6. The monoisotopic (exact) mass is 1440 g/mol. The number of aliphatic hydroxyl groups is 1. The second-order valence-electron chi connectivity index (χ2n) is 24.0. The van der Waals surface area contributed by atoms with Crippen LogP contribution in [0.4, 0.5) is 0 Å². The minimum absolute atomic E-state index is 0. The zero-order valence-electron chi connectivity index (χ0n) is 50.5. The van der Waals surface area contributed by atoms with Crippen molar-refractivity contribution >= 4 is 51.2 Å². The molecule has 4 aliphatic rings. The fraction of sp³-hybridized carbons (Fsp3) is 0.304. The molecule has 0 saturated carbocycles. The van der Waals surface area contributed by atoms with E-state index >= 15 is 0 Å². The van der Waals surface area contributed by atoms with Crippen molar-refractivity contribution < 1.29 is 105 Å². The topological polar surface area (TPSA) is 175 Å². The van der Waals surface area contributed by atoms with Crippen molar-refractivity contribution in [3.8, 4) is 69.0 Å². The van der Waals surface area contributed by atoms with Crippen molar-refractivity contribution in [1.82, 2.24) is 0 Å². The first-order chi connectivity index (χ1) is 41.7. The van der Waals surface area contributed by atoms with Gasteiger partial charge in [0.15, 0.2) is 29.1 Å². The Morgan fingerprint density at radius 2 is 0.933 bits per heavy atom. The van der Waals surface area contributed by atoms with Crippen LogP contribution in [-0.4, -0.2) is 39.5 Å². The van der Waals surface area contributed by atoms with Crippen molar-refractivity contribution in [2.45, 2.75) is 117 Å². The Morgan fingerprint density at radius 1 is 0.438 bits per heavy atom. The third-order valence-electron chi connectivity index (χ3n) is 18.8. The standard InChI is InChI=1S/C69H69BO13P4.2Mo/c1-29-10-14-38(22-33(29)5)62-35(7)24-44-31(3)12-18-42(66(44)76-62)54-36(8)63(39-15-11-30(2)34(6)23-39)77-67-43(19-13-32(4)53(54)67)55-37(9)64(40-16-20-45(71)46(72)25-40)78-68-56(55)47(73)27-48(74)57(68)59-58-51(82-86)28-52(83-87)60(70)69(58)79-65(61(59)75)41-17-21-49(80-84)50(26-41)81-85;;/h10-17,20-23,25-28,35-37,54-55,59,61-65,71-75H,24,84-87H2,1-9H3;;/q-2;;. The molecule has 0 amide bonds. The second-order valence-corrected chi connectivity index (χ2v) is 25.0. The van der Waals surface area contributed by atoms with Crippen molar-refractivity contribution in [3.05, 3.63) is 204 Å². The Labute approximate surface area is 559 Å². The number of rotatable bonds is 11. The minimum atomic E-state index is -1.56. The van der Waals surface area contributed by atoms with E-state index in [2.05, 4.69) is 148 Å². The van der Waals surface area contributed by atoms with Gasteiger partial charge in [-0.25, -0.2) is 0 Å². The van der Waals surface area contributed by atoms with Crippen LogP contribution < -0.4 is 42.5 Å². The number of ether oxygens (including phenoxy) is 4. The smallest absolute Gasteiger partial charge is 0.165 e. The van der Waals surface area contributed by atoms with Crippen LogP contribution in [0.2, 0.25) is 0 Å². The Morgan fingerprint density at radius 3 is 1.53 bits per heavy atom. The molecule has 12 rings (SSSR count). The van der Waals surface area contributed by atoms with Gasteiger partial charge in [0.1, 0.15) is 66.8 Å². The molecule has 89 heavy (non-hydrogen) atoms. The Kier molecular flexibility index (Phi) is 19.6. The number of benzene rings is 8. The molecular weight excluding hydrogens is 1360 g/mol. The summed E-state index contributed by atoms with van der Waals surface area (Å²) in [7, 11) is 15.8. The Balaban J connectivity index is 0.00000437. The molecule has 0 spiro atoms. The van der Waals surface area contributed by atoms with Crippen LogP contribution in [0, 0.1) is 71.4 Å². The molecule has 4 heterocycles. The minimum Gasteiger partial charge on any atom is -0.543 e. The summed E-state index contributed by atoms with van der Waals surface area (Å²) in [6.07, 6.45) is -3.73. The van der Waals surface area contributed by atoms with Gasteiger partial charge in [-0.3, -0.25) is 0 Å². The Bertz CT molecular complexity index is 4080. The number of hydrogen-bond donors (Lipinski definition) is 5. The predicted molar refractivity (Wildman–Crippen MR) is 347 cm³/mol. The number of hydrogen-bond acceptors (Lipinski definition) is 13. The summed E-state index contributed by atoms with van der Waals surface area (Å²) in [4.78, 5) is 0. The molecule has 460 valence electrons. The molecule has 13 nitrogen and oxygen atoms in total. The summed E-state index contributed by atoms with van der Waals surface area (Å²) >= 11 is 0. The molecule has 15 atom stereocenters. The van der Waals surface area contributed by atoms with E-state index in [1.165, 1.54) is 29.3 Å². The largest absolute Gasteiger partial charge is 0.543 e. The average molecular weight is 1430 g/mol. The van der Waals surface area contributed by atoms with Gasteiger partial charge in [-0.15, -0.1) is 22.3 Å². The van der Waals surface area contributed by atoms with Crippen LogP contribution in [0.3, 0.4) is 0 Å². The van der Waals surface area contributed by atoms with Gasteiger partial charge in [0, 0.05) is 100 Å². The molecule has 8 aromatic carbocycles. The van der Waals surface area contributed by atoms with Crippen LogP contribution in [0.1, 0.15) is 158 Å². The molecule has 15 unspecified atom stereocenters. The average Bonchev–Trinajstić information content (AvgIpc) is 0.739. The van der Waals surface area contributed by atoms with Gasteiger partial charge < -0.3 is 62.6 Å². The van der Waals surface area contributed by atoms with E-state index in [0.717, 1.165) is 62.2 Å². The molecule has 5 N–H and O–H groups in total. The van der Waals surface area contributed by atoms with Gasteiger partial charge in [-0.05, 0) is 120 Å². The summed E-state index contributed by atoms with van der Waals surface area (Å²) in [6.45, 7) is 19.1. The van der Waals surface area contributed by atoms with Crippen LogP contribution in [0.15, 0.2) is 97.1 Å². The predicted octanol–water partition coefficient (Wildman–Crippen LogP) is 14.2. The second kappa shape index (κ2) is 26.2. The van der Waals surface area contributed by atoms with Gasteiger partial charge in [-0.1, -0.05) is 83.1 Å². The summed E-state index contributed by atoms with van der Waals surface area (Å²) in [5, 5.41) is 60.8. The number of aromatic hydroxyl groups is 4. The van der Waals surface area contributed by atoms with E-state index < -0.39 is 47.9 Å². The summed E-state index contributed by atoms with van der Waals surface area (Å²) in [5.41, 5.74) is 13.8. The van der Waals surface area contributed by atoms with Crippen molar-refractivity contribution in [2.24, 2.45) is 17.8 Å². The molecule has 4 aliphatic heterocycles. The van der Waals surface area contributed by atoms with E-state index in [4.69, 9.17) is 44.9 Å². The summed E-state index contributed by atoms with van der Waals surface area (Å²) in [5.74, 6) is -2.20. The van der Waals surface area contributed by atoms with Crippen molar-refractivity contribution in [3.63, 3.8) is 0 Å². The SMILES string of the molecule is [B]c1c(OP)cc(OP)c2c1OC(c1ccc(OP)c(OP)c1)C(O)C2c1c(O)cc(O)c2c1OC(c1ccc(O)c(O)c1)C(C)C2c1[c-]cc(C)c2c1OC(c1ccc(C)c(C)c1)C(C)C2c1[c-]cc(C)c2c1OC(c1ccc(C)c(C)c1)C(C)C2.[Mo].[Mo]. The van der Waals surface area contributed by atoms with E-state index in [-0.39, 0.29) is 128 Å². The molecule has 0 saturated heterocycles. The van der Waals surface area contributed by atoms with Crippen LogP contribution in [0.25, 0.3) is 0 Å². The first-order valence-corrected chi connectivity index (χ1v) is 30.8. The molecule has 2 radical (unpaired) electrons. The van der Waals surface area contributed by atoms with E-state index in [1.54, 1.807) is 30.3 Å². The molecule has 0 bridgehead atoms. The third-order valence-corrected chi connectivity index (χ3v) is 19.8. The quantitative estimate of drug-likeness (QED) is 0.0358. The fourth-order valence-corrected chi connectivity index (χ4v) is 14.7. The van der Waals surface area contributed by atoms with Crippen LogP contribution >= 0.6 is 37.9 Å². The number of phenols is 4. The number of fused-ring (bicyclic) bond motifs is 4. The summed E-state index contributed by atoms with van der Waals surface area (Å²) in [6, 6.07) is 37.0. The zero-order valence-corrected chi connectivity index (χ0v) is 59.1. The first-order valence-electron chi connectivity index (χ1n) is 28.9. The van der Waals surface area contributed by atoms with Gasteiger partial charge in [0.2, 0.25) is 0 Å². The molecule has 20 heteroatoms. The molecule has 8 aromatic rings. The van der Waals surface area contributed by atoms with Crippen LogP contribution in [0.5, 0.6) is 69.0 Å². The Hall–Kier alpha value is -5.52. The third kappa shape index (κ3) is 11.4. The maximum atomic E-state index is 13.3. The summed E-state index contributed by atoms with van der Waals surface area (Å²) < 4.78 is 51.9. The van der Waals surface area contributed by atoms with Crippen molar-refractivity contribution in [1.29, 1.82) is 0 Å². The van der Waals surface area contributed by atoms with Crippen LogP contribution in [-0.2, 0) is 48.6 Å². The maximum Gasteiger partial charge on any atom is 0.165 e. The molecule has 0 aliphatic carbocycles. The van der Waals surface area contributed by atoms with Gasteiger partial charge in [0.05, 0.1) is 43.8 Å². The number of phenolic OH excluding ortho intramolecular Hbond substituents is 4. The van der Waals surface area contributed by atoms with E-state index in [1.807, 2.05) is 13.0 Å². The molecule has 0 aromatic heterocycles. The molecular formula is C69H69BMo2O13P4-2. The van der Waals surface area contributed by atoms with Gasteiger partial charge in [0.25, 0.3) is 0 Å². The molecule has 0 fully saturated rings. The normalized spacial score (nSPS) is 23.0. The van der Waals surface area contributed by atoms with E-state index in [9.17, 15) is 25.5 Å². The van der Waals surface area contributed by atoms with E-state index in [0.29, 0.717) is 33.9 Å². The van der Waals surface area contributed by atoms with Gasteiger partial charge >= 0.3 is 0 Å². The van der Waals surface area contributed by atoms with Crippen molar-refractivity contribution in [2.75, 3.05) is 0 Å². The maximum absolute atomic E-state index is 13.3. The van der Waals surface area contributed by atoms with Gasteiger partial charge in [-0.2, -0.15) is 35.4 Å². The fourth-order valence-electron chi connectivity index (χ4n) is 13.9. The number of aliphatic hydroxyl groups excluding tert-OH is 1. The first kappa shape index (κ1) is 66.4. The zero-order chi connectivity index (χ0) is 61.8.